The third-order valence-electron chi connectivity index (χ3n) is 3.25. The van der Waals surface area contributed by atoms with Crippen LogP contribution < -0.4 is 11.1 Å². The maximum absolute atomic E-state index is 12.4. The summed E-state index contributed by atoms with van der Waals surface area (Å²) in [4.78, 5) is 13.5. The number of thioether (sulfide) groups is 1. The SMILES string of the molecule is CCSc1ccccc1NC(=O)C(C)c1cccc(N)c1. The number of benzene rings is 2. The van der Waals surface area contributed by atoms with Gasteiger partial charge in [-0.2, -0.15) is 0 Å². The molecule has 0 aliphatic carbocycles. The first-order chi connectivity index (χ1) is 10.1. The van der Waals surface area contributed by atoms with Crippen LogP contribution in [0.25, 0.3) is 0 Å². The largest absolute Gasteiger partial charge is 0.399 e. The van der Waals surface area contributed by atoms with E-state index < -0.39 is 0 Å². The molecule has 0 radical (unpaired) electrons. The van der Waals surface area contributed by atoms with Gasteiger partial charge in [-0.25, -0.2) is 0 Å². The Hall–Kier alpha value is -1.94. The molecule has 2 aromatic carbocycles. The van der Waals surface area contributed by atoms with Crippen molar-refractivity contribution >= 4 is 29.0 Å². The Morgan fingerprint density at radius 2 is 2.00 bits per heavy atom. The normalized spacial score (nSPS) is 11.9. The van der Waals surface area contributed by atoms with E-state index >= 15 is 0 Å². The van der Waals surface area contributed by atoms with Gasteiger partial charge in [0.25, 0.3) is 0 Å². The van der Waals surface area contributed by atoms with Crippen LogP contribution >= 0.6 is 11.8 Å². The third-order valence-corrected chi connectivity index (χ3v) is 4.20. The standard InChI is InChI=1S/C17H20N2OS/c1-3-21-16-10-5-4-9-15(16)19-17(20)12(2)13-7-6-8-14(18)11-13/h4-12H,3,18H2,1-2H3,(H,19,20). The molecule has 2 aromatic rings. The van der Waals surface area contributed by atoms with Crippen LogP contribution in [0.5, 0.6) is 0 Å². The fraction of sp³-hybridized carbons (Fsp3) is 0.235. The number of nitrogen functional groups attached to an aromatic ring is 1. The molecule has 0 fully saturated rings. The smallest absolute Gasteiger partial charge is 0.231 e. The lowest BCUT2D eigenvalue weighted by atomic mass is 10.00. The number of rotatable bonds is 5. The van der Waals surface area contributed by atoms with E-state index in [4.69, 9.17) is 5.73 Å². The van der Waals surface area contributed by atoms with Crippen LogP contribution in [-0.4, -0.2) is 11.7 Å². The fourth-order valence-corrected chi connectivity index (χ4v) is 2.83. The molecule has 0 saturated heterocycles. The molecule has 3 N–H and O–H groups in total. The van der Waals surface area contributed by atoms with Crippen molar-refractivity contribution in [3.63, 3.8) is 0 Å². The van der Waals surface area contributed by atoms with Crippen molar-refractivity contribution in [2.24, 2.45) is 0 Å². The summed E-state index contributed by atoms with van der Waals surface area (Å²) in [7, 11) is 0. The average molecular weight is 300 g/mol. The summed E-state index contributed by atoms with van der Waals surface area (Å²) >= 11 is 1.72. The molecule has 2 rings (SSSR count). The van der Waals surface area contributed by atoms with Gasteiger partial charge < -0.3 is 11.1 Å². The summed E-state index contributed by atoms with van der Waals surface area (Å²) in [6, 6.07) is 15.3. The summed E-state index contributed by atoms with van der Waals surface area (Å²) in [6.07, 6.45) is 0. The molecule has 3 nitrogen and oxygen atoms in total. The molecule has 110 valence electrons. The van der Waals surface area contributed by atoms with Gasteiger partial charge in [0.15, 0.2) is 0 Å². The van der Waals surface area contributed by atoms with E-state index in [9.17, 15) is 4.79 Å². The van der Waals surface area contributed by atoms with E-state index in [1.807, 2.05) is 55.5 Å². The van der Waals surface area contributed by atoms with Crippen LogP contribution in [0.2, 0.25) is 0 Å². The maximum Gasteiger partial charge on any atom is 0.231 e. The number of nitrogens with two attached hydrogens (primary N) is 1. The van der Waals surface area contributed by atoms with Gasteiger partial charge in [-0.1, -0.05) is 31.2 Å². The number of amides is 1. The van der Waals surface area contributed by atoms with E-state index in [0.29, 0.717) is 5.69 Å². The molecule has 1 unspecified atom stereocenters. The number of hydrogen-bond acceptors (Lipinski definition) is 3. The zero-order chi connectivity index (χ0) is 15.2. The van der Waals surface area contributed by atoms with Gasteiger partial charge in [-0.3, -0.25) is 4.79 Å². The van der Waals surface area contributed by atoms with Crippen LogP contribution in [0.15, 0.2) is 53.4 Å². The van der Waals surface area contributed by atoms with Crippen LogP contribution in [-0.2, 0) is 4.79 Å². The van der Waals surface area contributed by atoms with Gasteiger partial charge >= 0.3 is 0 Å². The highest BCUT2D eigenvalue weighted by atomic mass is 32.2. The zero-order valence-electron chi connectivity index (χ0n) is 12.3. The Kier molecular flexibility index (Phi) is 5.28. The molecule has 0 saturated carbocycles. The Balaban J connectivity index is 2.14. The van der Waals surface area contributed by atoms with Crippen molar-refractivity contribution in [1.82, 2.24) is 0 Å². The van der Waals surface area contributed by atoms with Gasteiger partial charge in [0.1, 0.15) is 0 Å². The van der Waals surface area contributed by atoms with Crippen molar-refractivity contribution in [3.8, 4) is 0 Å². The van der Waals surface area contributed by atoms with Crippen molar-refractivity contribution in [2.75, 3.05) is 16.8 Å². The lowest BCUT2D eigenvalue weighted by molar-refractivity contribution is -0.117. The van der Waals surface area contributed by atoms with Crippen molar-refractivity contribution in [3.05, 3.63) is 54.1 Å². The molecule has 21 heavy (non-hydrogen) atoms. The monoisotopic (exact) mass is 300 g/mol. The molecular weight excluding hydrogens is 280 g/mol. The zero-order valence-corrected chi connectivity index (χ0v) is 13.1. The van der Waals surface area contributed by atoms with E-state index in [-0.39, 0.29) is 11.8 Å². The van der Waals surface area contributed by atoms with Gasteiger partial charge in [0.05, 0.1) is 11.6 Å². The van der Waals surface area contributed by atoms with Crippen LogP contribution in [0.1, 0.15) is 25.3 Å². The highest BCUT2D eigenvalue weighted by molar-refractivity contribution is 7.99. The second kappa shape index (κ2) is 7.18. The second-order valence-electron chi connectivity index (χ2n) is 4.81. The van der Waals surface area contributed by atoms with Crippen LogP contribution in [0, 0.1) is 0 Å². The van der Waals surface area contributed by atoms with Gasteiger partial charge in [0.2, 0.25) is 5.91 Å². The number of anilines is 2. The van der Waals surface area contributed by atoms with E-state index in [0.717, 1.165) is 21.9 Å². The lowest BCUT2D eigenvalue weighted by Crippen LogP contribution is -2.19. The van der Waals surface area contributed by atoms with Crippen LogP contribution in [0.3, 0.4) is 0 Å². The molecule has 4 heteroatoms. The Bertz CT molecular complexity index is 628. The van der Waals surface area contributed by atoms with Crippen molar-refractivity contribution < 1.29 is 4.79 Å². The van der Waals surface area contributed by atoms with Crippen molar-refractivity contribution in [2.45, 2.75) is 24.7 Å². The number of carbonyl (C=O) groups excluding carboxylic acids is 1. The minimum Gasteiger partial charge on any atom is -0.399 e. The maximum atomic E-state index is 12.4. The first-order valence-electron chi connectivity index (χ1n) is 7.00. The molecule has 0 aromatic heterocycles. The van der Waals surface area contributed by atoms with Gasteiger partial charge in [0, 0.05) is 10.6 Å². The topological polar surface area (TPSA) is 55.1 Å². The predicted octanol–water partition coefficient (Wildman–Crippen LogP) is 4.12. The number of nitrogens with one attached hydrogen (secondary N) is 1. The first kappa shape index (κ1) is 15.4. The molecule has 1 atom stereocenters. The number of hydrogen-bond donors (Lipinski definition) is 2. The summed E-state index contributed by atoms with van der Waals surface area (Å²) in [5.41, 5.74) is 8.24. The third kappa shape index (κ3) is 4.02. The fourth-order valence-electron chi connectivity index (χ4n) is 2.07. The lowest BCUT2D eigenvalue weighted by Gasteiger charge is -2.15. The van der Waals surface area contributed by atoms with Crippen molar-refractivity contribution in [1.29, 1.82) is 0 Å². The van der Waals surface area contributed by atoms with E-state index in [2.05, 4.69) is 12.2 Å². The Morgan fingerprint density at radius 1 is 1.24 bits per heavy atom. The molecule has 0 spiro atoms. The summed E-state index contributed by atoms with van der Waals surface area (Å²) in [6.45, 7) is 3.98. The molecule has 0 aliphatic heterocycles. The van der Waals surface area contributed by atoms with E-state index in [1.165, 1.54) is 0 Å². The second-order valence-corrected chi connectivity index (χ2v) is 6.12. The summed E-state index contributed by atoms with van der Waals surface area (Å²) in [5.74, 6) is 0.704. The Labute approximate surface area is 129 Å². The summed E-state index contributed by atoms with van der Waals surface area (Å²) in [5, 5.41) is 3.01. The molecular formula is C17H20N2OS. The quantitative estimate of drug-likeness (QED) is 0.645. The molecule has 0 bridgehead atoms. The first-order valence-corrected chi connectivity index (χ1v) is 7.98. The Morgan fingerprint density at radius 3 is 2.71 bits per heavy atom. The predicted molar refractivity (Wildman–Crippen MR) is 90.7 cm³/mol. The van der Waals surface area contributed by atoms with Gasteiger partial charge in [-0.15, -0.1) is 11.8 Å². The molecule has 0 heterocycles. The highest BCUT2D eigenvalue weighted by Gasteiger charge is 2.16. The van der Waals surface area contributed by atoms with E-state index in [1.54, 1.807) is 11.8 Å². The minimum absolute atomic E-state index is 0.0234. The minimum atomic E-state index is -0.242. The van der Waals surface area contributed by atoms with Crippen LogP contribution in [0.4, 0.5) is 11.4 Å². The highest BCUT2D eigenvalue weighted by Crippen LogP contribution is 2.28. The van der Waals surface area contributed by atoms with Gasteiger partial charge in [-0.05, 0) is 42.5 Å². The average Bonchev–Trinajstić information content (AvgIpc) is 2.48. The molecule has 0 aliphatic rings. The molecule has 1 amide bonds. The summed E-state index contributed by atoms with van der Waals surface area (Å²) < 4.78 is 0. The number of para-hydroxylation sites is 1. The number of carbonyl (C=O) groups is 1.